The Morgan fingerprint density at radius 2 is 2.14 bits per heavy atom. The monoisotopic (exact) mass is 193 g/mol. The quantitative estimate of drug-likeness (QED) is 0.780. The minimum atomic E-state index is 0.571. The molecular weight excluding hydrogens is 174 g/mol. The second-order valence-electron chi connectivity index (χ2n) is 3.88. The first-order valence-electron chi connectivity index (χ1n) is 5.14. The highest BCUT2D eigenvalue weighted by atomic mass is 16.5. The smallest absolute Gasteiger partial charge is 0.119 e. The van der Waals surface area contributed by atoms with Crippen molar-refractivity contribution >= 4 is 0 Å². The first kappa shape index (κ1) is 11.1. The van der Waals surface area contributed by atoms with Gasteiger partial charge >= 0.3 is 0 Å². The molecule has 78 valence electrons. The zero-order valence-electron chi connectivity index (χ0n) is 8.99. The number of hydrogen-bond acceptors (Lipinski definition) is 2. The predicted molar refractivity (Wildman–Crippen MR) is 59.3 cm³/mol. The molecule has 1 rings (SSSR count). The summed E-state index contributed by atoms with van der Waals surface area (Å²) >= 11 is 0. The number of ether oxygens (including phenoxy) is 1. The maximum absolute atomic E-state index is 5.60. The third-order valence-electron chi connectivity index (χ3n) is 2.10. The first-order chi connectivity index (χ1) is 6.72. The van der Waals surface area contributed by atoms with Crippen LogP contribution in [0.2, 0.25) is 0 Å². The van der Waals surface area contributed by atoms with E-state index < -0.39 is 0 Å². The van der Waals surface area contributed by atoms with Gasteiger partial charge in [0.2, 0.25) is 0 Å². The molecule has 0 saturated heterocycles. The van der Waals surface area contributed by atoms with Gasteiger partial charge in [0.05, 0.1) is 6.61 Å². The van der Waals surface area contributed by atoms with Crippen LogP contribution in [0.5, 0.6) is 5.75 Å². The van der Waals surface area contributed by atoms with E-state index in [9.17, 15) is 0 Å². The van der Waals surface area contributed by atoms with Crippen molar-refractivity contribution < 1.29 is 4.74 Å². The maximum atomic E-state index is 5.60. The molecule has 0 aliphatic heterocycles. The lowest BCUT2D eigenvalue weighted by atomic mass is 10.1. The molecule has 0 bridgehead atoms. The van der Waals surface area contributed by atoms with Crippen LogP contribution < -0.4 is 10.5 Å². The highest BCUT2D eigenvalue weighted by molar-refractivity contribution is 5.28. The average Bonchev–Trinajstić information content (AvgIpc) is 2.18. The molecule has 2 heteroatoms. The van der Waals surface area contributed by atoms with Crippen molar-refractivity contribution in [3.63, 3.8) is 0 Å². The number of nitrogens with two attached hydrogens (primary N) is 1. The van der Waals surface area contributed by atoms with Gasteiger partial charge in [0, 0.05) is 6.54 Å². The van der Waals surface area contributed by atoms with E-state index in [1.54, 1.807) is 0 Å². The van der Waals surface area contributed by atoms with E-state index in [2.05, 4.69) is 13.8 Å². The Morgan fingerprint density at radius 1 is 1.36 bits per heavy atom. The summed E-state index contributed by atoms with van der Waals surface area (Å²) in [4.78, 5) is 0. The molecule has 1 aromatic rings. The van der Waals surface area contributed by atoms with E-state index >= 15 is 0 Å². The van der Waals surface area contributed by atoms with E-state index in [0.29, 0.717) is 12.5 Å². The Morgan fingerprint density at radius 3 is 2.79 bits per heavy atom. The van der Waals surface area contributed by atoms with Crippen molar-refractivity contribution in [2.45, 2.75) is 26.8 Å². The van der Waals surface area contributed by atoms with Gasteiger partial charge in [0.1, 0.15) is 5.75 Å². The molecule has 0 spiro atoms. The molecule has 0 unspecified atom stereocenters. The van der Waals surface area contributed by atoms with Crippen LogP contribution in [0.15, 0.2) is 24.3 Å². The molecule has 0 saturated carbocycles. The van der Waals surface area contributed by atoms with Gasteiger partial charge in [-0.25, -0.2) is 0 Å². The Balaban J connectivity index is 2.42. The lowest BCUT2D eigenvalue weighted by Crippen LogP contribution is -2.02. The van der Waals surface area contributed by atoms with Crippen LogP contribution in [-0.4, -0.2) is 6.61 Å². The maximum Gasteiger partial charge on any atom is 0.119 e. The molecular formula is C12H19NO. The predicted octanol–water partition coefficient (Wildman–Crippen LogP) is 2.57. The second kappa shape index (κ2) is 5.66. The Bertz CT molecular complexity index is 271. The minimum Gasteiger partial charge on any atom is -0.494 e. The summed E-state index contributed by atoms with van der Waals surface area (Å²) in [5, 5.41) is 0. The largest absolute Gasteiger partial charge is 0.494 e. The van der Waals surface area contributed by atoms with Crippen molar-refractivity contribution in [2.75, 3.05) is 6.61 Å². The van der Waals surface area contributed by atoms with Gasteiger partial charge in [-0.3, -0.25) is 0 Å². The number of hydrogen-bond donors (Lipinski definition) is 1. The van der Waals surface area contributed by atoms with Crippen molar-refractivity contribution in [2.24, 2.45) is 11.7 Å². The minimum absolute atomic E-state index is 0.571. The molecule has 1 aromatic carbocycles. The molecule has 2 nitrogen and oxygen atoms in total. The molecule has 0 fully saturated rings. The highest BCUT2D eigenvalue weighted by Crippen LogP contribution is 2.13. The number of rotatable bonds is 5. The molecule has 0 amide bonds. The molecule has 0 aliphatic rings. The van der Waals surface area contributed by atoms with Gasteiger partial charge in [-0.2, -0.15) is 0 Å². The summed E-state index contributed by atoms with van der Waals surface area (Å²) in [5.41, 5.74) is 6.66. The third kappa shape index (κ3) is 3.79. The fourth-order valence-electron chi connectivity index (χ4n) is 1.17. The normalized spacial score (nSPS) is 10.6. The van der Waals surface area contributed by atoms with Crippen LogP contribution in [-0.2, 0) is 6.54 Å². The fraction of sp³-hybridized carbons (Fsp3) is 0.500. The van der Waals surface area contributed by atoms with E-state index in [1.165, 1.54) is 0 Å². The lowest BCUT2D eigenvalue weighted by Gasteiger charge is -2.08. The summed E-state index contributed by atoms with van der Waals surface area (Å²) < 4.78 is 5.60. The van der Waals surface area contributed by atoms with E-state index in [1.807, 2.05) is 24.3 Å². The van der Waals surface area contributed by atoms with Gasteiger partial charge in [0.25, 0.3) is 0 Å². The summed E-state index contributed by atoms with van der Waals surface area (Å²) in [7, 11) is 0. The highest BCUT2D eigenvalue weighted by Gasteiger charge is 1.97. The fourth-order valence-corrected chi connectivity index (χ4v) is 1.17. The zero-order chi connectivity index (χ0) is 10.4. The Labute approximate surface area is 86.1 Å². The van der Waals surface area contributed by atoms with Gasteiger partial charge in [-0.05, 0) is 30.0 Å². The summed E-state index contributed by atoms with van der Waals surface area (Å²) in [5.74, 6) is 1.61. The molecule has 0 radical (unpaired) electrons. The molecule has 0 aliphatic carbocycles. The van der Waals surface area contributed by atoms with Crippen LogP contribution in [0.25, 0.3) is 0 Å². The van der Waals surface area contributed by atoms with Crippen LogP contribution in [0.3, 0.4) is 0 Å². The van der Waals surface area contributed by atoms with Crippen LogP contribution in [0.1, 0.15) is 25.8 Å². The standard InChI is InChI=1S/C12H19NO/c1-10(2)6-7-14-12-5-3-4-11(8-12)9-13/h3-5,8,10H,6-7,9,13H2,1-2H3. The average molecular weight is 193 g/mol. The van der Waals surface area contributed by atoms with Gasteiger partial charge in [0.15, 0.2) is 0 Å². The van der Waals surface area contributed by atoms with E-state index in [-0.39, 0.29) is 0 Å². The Hall–Kier alpha value is -1.02. The van der Waals surface area contributed by atoms with Crippen molar-refractivity contribution in [1.29, 1.82) is 0 Å². The van der Waals surface area contributed by atoms with Crippen molar-refractivity contribution in [3.05, 3.63) is 29.8 Å². The SMILES string of the molecule is CC(C)CCOc1cccc(CN)c1. The van der Waals surface area contributed by atoms with Crippen LogP contribution in [0.4, 0.5) is 0 Å². The number of benzene rings is 1. The summed E-state index contributed by atoms with van der Waals surface area (Å²) in [6.45, 7) is 5.74. The molecule has 0 heterocycles. The molecule has 2 N–H and O–H groups in total. The molecule has 0 atom stereocenters. The van der Waals surface area contributed by atoms with Gasteiger partial charge < -0.3 is 10.5 Å². The zero-order valence-corrected chi connectivity index (χ0v) is 8.99. The third-order valence-corrected chi connectivity index (χ3v) is 2.10. The summed E-state index contributed by atoms with van der Waals surface area (Å²) in [6.07, 6.45) is 1.09. The van der Waals surface area contributed by atoms with E-state index in [0.717, 1.165) is 24.3 Å². The van der Waals surface area contributed by atoms with Crippen molar-refractivity contribution in [3.8, 4) is 5.75 Å². The Kier molecular flexibility index (Phi) is 4.47. The second-order valence-corrected chi connectivity index (χ2v) is 3.88. The summed E-state index contributed by atoms with van der Waals surface area (Å²) in [6, 6.07) is 7.96. The first-order valence-corrected chi connectivity index (χ1v) is 5.14. The van der Waals surface area contributed by atoms with E-state index in [4.69, 9.17) is 10.5 Å². The van der Waals surface area contributed by atoms with Crippen LogP contribution >= 0.6 is 0 Å². The van der Waals surface area contributed by atoms with Crippen LogP contribution in [0, 0.1) is 5.92 Å². The molecule has 0 aromatic heterocycles. The van der Waals surface area contributed by atoms with Gasteiger partial charge in [-0.15, -0.1) is 0 Å². The molecule has 14 heavy (non-hydrogen) atoms. The van der Waals surface area contributed by atoms with Crippen molar-refractivity contribution in [1.82, 2.24) is 0 Å². The lowest BCUT2D eigenvalue weighted by molar-refractivity contribution is 0.289. The topological polar surface area (TPSA) is 35.2 Å². The van der Waals surface area contributed by atoms with Gasteiger partial charge in [-0.1, -0.05) is 26.0 Å².